The predicted molar refractivity (Wildman–Crippen MR) is 112 cm³/mol. The van der Waals surface area contributed by atoms with E-state index in [1.807, 2.05) is 42.2 Å². The molecule has 4 rings (SSSR count). The molecule has 1 saturated heterocycles. The molecule has 2 aromatic carbocycles. The fourth-order valence-corrected chi connectivity index (χ4v) is 3.86. The van der Waals surface area contributed by atoms with E-state index in [2.05, 4.69) is 23.1 Å². The first-order valence-electron chi connectivity index (χ1n) is 9.88. The van der Waals surface area contributed by atoms with Crippen molar-refractivity contribution in [2.45, 2.75) is 32.7 Å². The maximum Gasteiger partial charge on any atom is 0.232 e. The Balaban J connectivity index is 1.48. The number of ether oxygens (including phenoxy) is 2. The molecule has 0 aliphatic carbocycles. The summed E-state index contributed by atoms with van der Waals surface area (Å²) in [6, 6.07) is 11.8. The summed E-state index contributed by atoms with van der Waals surface area (Å²) in [5, 5.41) is 4.15. The third-order valence-corrected chi connectivity index (χ3v) is 5.45. The van der Waals surface area contributed by atoms with Gasteiger partial charge in [-0.3, -0.25) is 4.79 Å². The molecule has 3 aromatic rings. The number of methoxy groups -OCH3 is 2. The number of hydrogen-bond donors (Lipinski definition) is 0. The Bertz CT molecular complexity index is 1080. The molecule has 1 aliphatic heterocycles. The fraction of sp³-hybridized carbons (Fsp3) is 0.348. The molecular weight excluding hydrogens is 382 g/mol. The molecule has 1 unspecified atom stereocenters. The highest BCUT2D eigenvalue weighted by molar-refractivity contribution is 5.79. The number of carbonyl (C=O) groups is 1. The topological polar surface area (TPSA) is 77.7 Å². The monoisotopic (exact) mass is 407 g/mol. The summed E-state index contributed by atoms with van der Waals surface area (Å²) in [6.07, 6.45) is 0.363. The summed E-state index contributed by atoms with van der Waals surface area (Å²) in [7, 11) is 3.20. The number of rotatable bonds is 6. The first-order valence-corrected chi connectivity index (χ1v) is 9.88. The number of likely N-dealkylation sites (tertiary alicyclic amines) is 1. The van der Waals surface area contributed by atoms with Crippen LogP contribution in [0.4, 0.5) is 0 Å². The van der Waals surface area contributed by atoms with Gasteiger partial charge in [0.1, 0.15) is 0 Å². The first-order chi connectivity index (χ1) is 14.5. The second-order valence-corrected chi connectivity index (χ2v) is 7.64. The molecule has 0 saturated carbocycles. The Hall–Kier alpha value is -3.35. The van der Waals surface area contributed by atoms with Gasteiger partial charge in [-0.25, -0.2) is 0 Å². The lowest BCUT2D eigenvalue weighted by Crippen LogP contribution is -2.24. The minimum atomic E-state index is -0.107. The average Bonchev–Trinajstić information content (AvgIpc) is 3.35. The SMILES string of the molecule is COc1ccc(CN2CC(c3nc(-c4ccc(C)cc4C)no3)CC2=O)cc1OC. The minimum Gasteiger partial charge on any atom is -0.493 e. The van der Waals surface area contributed by atoms with Crippen LogP contribution in [0.2, 0.25) is 0 Å². The molecule has 1 atom stereocenters. The van der Waals surface area contributed by atoms with Crippen molar-refractivity contribution in [1.29, 1.82) is 0 Å². The molecule has 7 nitrogen and oxygen atoms in total. The first kappa shape index (κ1) is 19.9. The number of aryl methyl sites for hydroxylation is 2. The second kappa shape index (κ2) is 8.18. The van der Waals surface area contributed by atoms with E-state index >= 15 is 0 Å². The molecule has 0 bridgehead atoms. The van der Waals surface area contributed by atoms with E-state index in [1.54, 1.807) is 14.2 Å². The van der Waals surface area contributed by atoms with E-state index in [0.29, 0.717) is 42.7 Å². The molecule has 0 N–H and O–H groups in total. The summed E-state index contributed by atoms with van der Waals surface area (Å²) in [6.45, 7) is 5.12. The third kappa shape index (κ3) is 3.87. The summed E-state index contributed by atoms with van der Waals surface area (Å²) in [5.41, 5.74) is 4.21. The number of benzene rings is 2. The van der Waals surface area contributed by atoms with E-state index in [0.717, 1.165) is 16.7 Å². The average molecular weight is 407 g/mol. The van der Waals surface area contributed by atoms with Crippen molar-refractivity contribution >= 4 is 5.91 Å². The van der Waals surface area contributed by atoms with E-state index in [4.69, 9.17) is 14.0 Å². The molecule has 7 heteroatoms. The van der Waals surface area contributed by atoms with Crippen LogP contribution in [0.15, 0.2) is 40.9 Å². The van der Waals surface area contributed by atoms with Crippen molar-refractivity contribution in [2.75, 3.05) is 20.8 Å². The third-order valence-electron chi connectivity index (χ3n) is 5.45. The van der Waals surface area contributed by atoms with Crippen molar-refractivity contribution in [3.8, 4) is 22.9 Å². The molecular formula is C23H25N3O4. The van der Waals surface area contributed by atoms with Crippen molar-refractivity contribution < 1.29 is 18.8 Å². The normalized spacial score (nSPS) is 16.2. The van der Waals surface area contributed by atoms with Gasteiger partial charge < -0.3 is 18.9 Å². The van der Waals surface area contributed by atoms with Crippen LogP contribution in [-0.4, -0.2) is 41.7 Å². The van der Waals surface area contributed by atoms with Crippen LogP contribution < -0.4 is 9.47 Å². The Morgan fingerprint density at radius 3 is 2.63 bits per heavy atom. The van der Waals surface area contributed by atoms with Gasteiger partial charge in [0.15, 0.2) is 11.5 Å². The molecule has 2 heterocycles. The van der Waals surface area contributed by atoms with E-state index in [-0.39, 0.29) is 11.8 Å². The Kier molecular flexibility index (Phi) is 5.44. The number of aromatic nitrogens is 2. The Labute approximate surface area is 175 Å². The van der Waals surface area contributed by atoms with Crippen LogP contribution in [0.3, 0.4) is 0 Å². The fourth-order valence-electron chi connectivity index (χ4n) is 3.86. The molecule has 1 fully saturated rings. The zero-order chi connectivity index (χ0) is 21.3. The zero-order valence-electron chi connectivity index (χ0n) is 17.6. The summed E-state index contributed by atoms with van der Waals surface area (Å²) in [4.78, 5) is 19.0. The predicted octanol–water partition coefficient (Wildman–Crippen LogP) is 3.89. The standard InChI is InChI=1S/C23H25N3O4/c1-14-5-7-18(15(2)9-14)22-24-23(30-25-22)17-11-21(27)26(13-17)12-16-6-8-19(28-3)20(10-16)29-4/h5-10,17H,11-13H2,1-4H3. The maximum atomic E-state index is 12.6. The number of hydrogen-bond acceptors (Lipinski definition) is 6. The van der Waals surface area contributed by atoms with E-state index < -0.39 is 0 Å². The quantitative estimate of drug-likeness (QED) is 0.617. The van der Waals surface area contributed by atoms with Crippen LogP contribution in [0.5, 0.6) is 11.5 Å². The summed E-state index contributed by atoms with van der Waals surface area (Å²) >= 11 is 0. The molecule has 1 aromatic heterocycles. The van der Waals surface area contributed by atoms with Gasteiger partial charge in [-0.15, -0.1) is 0 Å². The zero-order valence-corrected chi connectivity index (χ0v) is 17.6. The van der Waals surface area contributed by atoms with Gasteiger partial charge in [0.05, 0.1) is 20.1 Å². The highest BCUT2D eigenvalue weighted by Gasteiger charge is 2.34. The highest BCUT2D eigenvalue weighted by Crippen LogP contribution is 2.32. The van der Waals surface area contributed by atoms with Gasteiger partial charge in [0, 0.05) is 25.1 Å². The molecule has 156 valence electrons. The summed E-state index contributed by atoms with van der Waals surface area (Å²) in [5.74, 6) is 2.34. The van der Waals surface area contributed by atoms with Gasteiger partial charge in [-0.1, -0.05) is 35.0 Å². The van der Waals surface area contributed by atoms with Gasteiger partial charge in [0.2, 0.25) is 17.6 Å². The van der Waals surface area contributed by atoms with Crippen molar-refractivity contribution in [3.05, 3.63) is 59.0 Å². The van der Waals surface area contributed by atoms with Crippen LogP contribution in [0, 0.1) is 13.8 Å². The molecule has 1 amide bonds. The molecule has 30 heavy (non-hydrogen) atoms. The highest BCUT2D eigenvalue weighted by atomic mass is 16.5. The van der Waals surface area contributed by atoms with Crippen molar-refractivity contribution in [3.63, 3.8) is 0 Å². The van der Waals surface area contributed by atoms with Crippen LogP contribution >= 0.6 is 0 Å². The van der Waals surface area contributed by atoms with Gasteiger partial charge >= 0.3 is 0 Å². The van der Waals surface area contributed by atoms with Crippen LogP contribution in [0.1, 0.15) is 34.9 Å². The maximum absolute atomic E-state index is 12.6. The van der Waals surface area contributed by atoms with Crippen LogP contribution in [-0.2, 0) is 11.3 Å². The summed E-state index contributed by atoms with van der Waals surface area (Å²) < 4.78 is 16.2. The lowest BCUT2D eigenvalue weighted by molar-refractivity contribution is -0.128. The largest absolute Gasteiger partial charge is 0.493 e. The van der Waals surface area contributed by atoms with Crippen molar-refractivity contribution in [2.24, 2.45) is 0 Å². The minimum absolute atomic E-state index is 0.0704. The van der Waals surface area contributed by atoms with E-state index in [1.165, 1.54) is 5.56 Å². The van der Waals surface area contributed by atoms with Gasteiger partial charge in [0.25, 0.3) is 0 Å². The van der Waals surface area contributed by atoms with Gasteiger partial charge in [-0.05, 0) is 37.1 Å². The number of carbonyl (C=O) groups excluding carboxylic acids is 1. The molecule has 0 radical (unpaired) electrons. The van der Waals surface area contributed by atoms with Crippen LogP contribution in [0.25, 0.3) is 11.4 Å². The Morgan fingerprint density at radius 2 is 1.90 bits per heavy atom. The molecule has 1 aliphatic rings. The lowest BCUT2D eigenvalue weighted by atomic mass is 10.1. The second-order valence-electron chi connectivity index (χ2n) is 7.64. The number of nitrogens with zero attached hydrogens (tertiary/aromatic N) is 3. The van der Waals surface area contributed by atoms with Gasteiger partial charge in [-0.2, -0.15) is 4.98 Å². The smallest absolute Gasteiger partial charge is 0.232 e. The number of amides is 1. The van der Waals surface area contributed by atoms with Crippen molar-refractivity contribution in [1.82, 2.24) is 15.0 Å². The Morgan fingerprint density at radius 1 is 1.10 bits per heavy atom. The van der Waals surface area contributed by atoms with E-state index in [9.17, 15) is 4.79 Å². The molecule has 0 spiro atoms. The lowest BCUT2D eigenvalue weighted by Gasteiger charge is -2.17.